The highest BCUT2D eigenvalue weighted by Crippen LogP contribution is 2.30. The van der Waals surface area contributed by atoms with Gasteiger partial charge in [0.15, 0.2) is 0 Å². The van der Waals surface area contributed by atoms with Crippen LogP contribution in [0, 0.1) is 5.82 Å². The zero-order chi connectivity index (χ0) is 11.5. The number of hydrogen-bond donors (Lipinski definition) is 1. The highest BCUT2D eigenvalue weighted by atomic mass is 32.1. The number of nitrogens with one attached hydrogen (secondary N) is 1. The summed E-state index contributed by atoms with van der Waals surface area (Å²) in [5.41, 5.74) is 0. The van der Waals surface area contributed by atoms with Gasteiger partial charge >= 0.3 is 0 Å². The molecular formula is C13H14FNS. The second kappa shape index (κ2) is 4.76. The molecule has 1 aromatic carbocycles. The maximum Gasteiger partial charge on any atom is 0.124 e. The van der Waals surface area contributed by atoms with Gasteiger partial charge in [-0.2, -0.15) is 0 Å². The second-order valence-electron chi connectivity index (χ2n) is 3.60. The third-order valence-electron chi connectivity index (χ3n) is 2.47. The van der Waals surface area contributed by atoms with E-state index in [9.17, 15) is 4.39 Å². The first-order chi connectivity index (χ1) is 7.74. The molecule has 1 nitrogen and oxygen atoms in total. The monoisotopic (exact) mass is 235 g/mol. The molecule has 0 aliphatic carbocycles. The van der Waals surface area contributed by atoms with Crippen molar-refractivity contribution in [1.82, 2.24) is 5.32 Å². The maximum atomic E-state index is 13.0. The van der Waals surface area contributed by atoms with Crippen LogP contribution in [0.4, 0.5) is 4.39 Å². The molecule has 0 bridgehead atoms. The lowest BCUT2D eigenvalue weighted by atomic mass is 10.2. The Hall–Kier alpha value is -1.19. The van der Waals surface area contributed by atoms with E-state index in [4.69, 9.17) is 0 Å². The molecule has 1 unspecified atom stereocenters. The van der Waals surface area contributed by atoms with Crippen molar-refractivity contribution in [3.63, 3.8) is 0 Å². The van der Waals surface area contributed by atoms with Gasteiger partial charge in [0, 0.05) is 9.58 Å². The summed E-state index contributed by atoms with van der Waals surface area (Å²) >= 11 is 1.61. The van der Waals surface area contributed by atoms with Crippen molar-refractivity contribution in [2.45, 2.75) is 13.0 Å². The fourth-order valence-corrected chi connectivity index (χ4v) is 2.86. The van der Waals surface area contributed by atoms with Crippen LogP contribution in [0.15, 0.2) is 36.9 Å². The predicted octanol–water partition coefficient (Wildman–Crippen LogP) is 3.88. The first kappa shape index (κ1) is 11.3. The number of fused-ring (bicyclic) bond motifs is 1. The lowest BCUT2D eigenvalue weighted by molar-refractivity contribution is 0.630. The Morgan fingerprint density at radius 1 is 1.50 bits per heavy atom. The molecule has 1 atom stereocenters. The highest BCUT2D eigenvalue weighted by Gasteiger charge is 2.10. The van der Waals surface area contributed by atoms with Gasteiger partial charge in [0.1, 0.15) is 5.82 Å². The number of hydrogen-bond acceptors (Lipinski definition) is 2. The van der Waals surface area contributed by atoms with Gasteiger partial charge in [-0.05, 0) is 30.1 Å². The van der Waals surface area contributed by atoms with Gasteiger partial charge in [-0.1, -0.05) is 19.1 Å². The summed E-state index contributed by atoms with van der Waals surface area (Å²) in [5, 5.41) is 4.41. The summed E-state index contributed by atoms with van der Waals surface area (Å²) in [6, 6.07) is 7.14. The van der Waals surface area contributed by atoms with Crippen molar-refractivity contribution in [3.05, 3.63) is 47.6 Å². The van der Waals surface area contributed by atoms with Crippen LogP contribution in [0.3, 0.4) is 0 Å². The summed E-state index contributed by atoms with van der Waals surface area (Å²) in [7, 11) is 0. The molecule has 2 rings (SSSR count). The van der Waals surface area contributed by atoms with Crippen LogP contribution in [0.2, 0.25) is 0 Å². The zero-order valence-electron chi connectivity index (χ0n) is 9.16. The molecule has 1 heterocycles. The van der Waals surface area contributed by atoms with Crippen molar-refractivity contribution < 1.29 is 4.39 Å². The quantitative estimate of drug-likeness (QED) is 0.793. The standard InChI is InChI=1S/C13H14FNS/c1-3-11(15-4-2)13-7-9-5-6-10(14)8-12(9)16-13/h3,5-8,11,15H,1,4H2,2H3. The van der Waals surface area contributed by atoms with Crippen molar-refractivity contribution >= 4 is 21.4 Å². The first-order valence-corrected chi connectivity index (χ1v) is 6.11. The zero-order valence-corrected chi connectivity index (χ0v) is 9.98. The molecule has 0 aliphatic heterocycles. The first-order valence-electron chi connectivity index (χ1n) is 5.29. The summed E-state index contributed by atoms with van der Waals surface area (Å²) < 4.78 is 14.0. The number of halogens is 1. The molecule has 0 aliphatic rings. The van der Waals surface area contributed by atoms with Crippen LogP contribution in [0.1, 0.15) is 17.8 Å². The lowest BCUT2D eigenvalue weighted by Gasteiger charge is -2.10. The van der Waals surface area contributed by atoms with E-state index >= 15 is 0 Å². The second-order valence-corrected chi connectivity index (χ2v) is 4.72. The number of likely N-dealkylation sites (N-methyl/N-ethyl adjacent to an activating group) is 1. The average Bonchev–Trinajstić information content (AvgIpc) is 2.68. The Morgan fingerprint density at radius 2 is 2.31 bits per heavy atom. The van der Waals surface area contributed by atoms with E-state index in [1.165, 1.54) is 10.9 Å². The number of benzene rings is 1. The maximum absolute atomic E-state index is 13.0. The van der Waals surface area contributed by atoms with E-state index in [1.54, 1.807) is 17.4 Å². The van der Waals surface area contributed by atoms with Gasteiger partial charge < -0.3 is 5.32 Å². The minimum Gasteiger partial charge on any atom is -0.306 e. The van der Waals surface area contributed by atoms with Crippen LogP contribution >= 0.6 is 11.3 Å². The number of rotatable bonds is 4. The van der Waals surface area contributed by atoms with Gasteiger partial charge in [0.05, 0.1) is 6.04 Å². The van der Waals surface area contributed by atoms with E-state index in [1.807, 2.05) is 12.1 Å². The van der Waals surface area contributed by atoms with Crippen molar-refractivity contribution in [1.29, 1.82) is 0 Å². The fourth-order valence-electron chi connectivity index (χ4n) is 1.70. The molecule has 2 aromatic rings. The summed E-state index contributed by atoms with van der Waals surface area (Å²) in [6.07, 6.45) is 1.88. The minimum absolute atomic E-state index is 0.158. The topological polar surface area (TPSA) is 12.0 Å². The SMILES string of the molecule is C=CC(NCC)c1cc2ccc(F)cc2s1. The molecule has 1 aromatic heterocycles. The van der Waals surface area contributed by atoms with E-state index in [2.05, 4.69) is 24.9 Å². The molecule has 16 heavy (non-hydrogen) atoms. The van der Waals surface area contributed by atoms with Gasteiger partial charge in [-0.3, -0.25) is 0 Å². The molecule has 84 valence electrons. The molecule has 0 fully saturated rings. The largest absolute Gasteiger partial charge is 0.306 e. The van der Waals surface area contributed by atoms with E-state index in [0.717, 1.165) is 16.6 Å². The summed E-state index contributed by atoms with van der Waals surface area (Å²) in [6.45, 7) is 6.76. The fraction of sp³-hybridized carbons (Fsp3) is 0.231. The van der Waals surface area contributed by atoms with Crippen LogP contribution in [0.25, 0.3) is 10.1 Å². The molecular weight excluding hydrogens is 221 g/mol. The van der Waals surface area contributed by atoms with E-state index < -0.39 is 0 Å². The van der Waals surface area contributed by atoms with Crippen LogP contribution in [0.5, 0.6) is 0 Å². The third kappa shape index (κ3) is 2.15. The molecule has 0 spiro atoms. The van der Waals surface area contributed by atoms with Gasteiger partial charge in [0.25, 0.3) is 0 Å². The smallest absolute Gasteiger partial charge is 0.124 e. The van der Waals surface area contributed by atoms with E-state index in [0.29, 0.717) is 0 Å². The van der Waals surface area contributed by atoms with Crippen molar-refractivity contribution in [2.75, 3.05) is 6.54 Å². The van der Waals surface area contributed by atoms with Gasteiger partial charge in [-0.15, -0.1) is 17.9 Å². The Kier molecular flexibility index (Phi) is 3.36. The van der Waals surface area contributed by atoms with Gasteiger partial charge in [-0.25, -0.2) is 4.39 Å². The Morgan fingerprint density at radius 3 is 3.00 bits per heavy atom. The van der Waals surface area contributed by atoms with Crippen LogP contribution in [-0.2, 0) is 0 Å². The molecule has 0 saturated carbocycles. The van der Waals surface area contributed by atoms with Crippen molar-refractivity contribution in [2.24, 2.45) is 0 Å². The van der Waals surface area contributed by atoms with E-state index in [-0.39, 0.29) is 11.9 Å². The highest BCUT2D eigenvalue weighted by molar-refractivity contribution is 7.19. The Balaban J connectivity index is 2.41. The Labute approximate surface area is 98.6 Å². The van der Waals surface area contributed by atoms with Gasteiger partial charge in [0.2, 0.25) is 0 Å². The average molecular weight is 235 g/mol. The summed E-state index contributed by atoms with van der Waals surface area (Å²) in [5.74, 6) is -0.181. The number of thiophene rings is 1. The molecule has 1 N–H and O–H groups in total. The normalized spacial score (nSPS) is 12.9. The summed E-state index contributed by atoms with van der Waals surface area (Å²) in [4.78, 5) is 1.18. The molecule has 3 heteroatoms. The van der Waals surface area contributed by atoms with Crippen LogP contribution < -0.4 is 5.32 Å². The molecule has 0 saturated heterocycles. The minimum atomic E-state index is -0.181. The van der Waals surface area contributed by atoms with Crippen LogP contribution in [-0.4, -0.2) is 6.54 Å². The molecule has 0 radical (unpaired) electrons. The molecule has 0 amide bonds. The Bertz CT molecular complexity index is 504. The van der Waals surface area contributed by atoms with Crippen molar-refractivity contribution in [3.8, 4) is 0 Å². The third-order valence-corrected chi connectivity index (χ3v) is 3.65. The lowest BCUT2D eigenvalue weighted by Crippen LogP contribution is -2.17. The predicted molar refractivity (Wildman–Crippen MR) is 68.4 cm³/mol.